The second-order valence-electron chi connectivity index (χ2n) is 6.46. The summed E-state index contributed by atoms with van der Waals surface area (Å²) in [4.78, 5) is 27.9. The van der Waals surface area contributed by atoms with E-state index in [1.807, 2.05) is 38.2 Å². The zero-order chi connectivity index (χ0) is 19.0. The summed E-state index contributed by atoms with van der Waals surface area (Å²) in [5.41, 5.74) is 1.93. The molecular weight excluding hydrogens is 364 g/mol. The number of aliphatic hydroxyl groups is 1. The average molecular weight is 384 g/mol. The summed E-state index contributed by atoms with van der Waals surface area (Å²) in [5.74, 6) is 0.191. The lowest BCUT2D eigenvalue weighted by atomic mass is 10.1. The summed E-state index contributed by atoms with van der Waals surface area (Å²) in [7, 11) is 1.83. The molecule has 0 aliphatic carbocycles. The second kappa shape index (κ2) is 7.09. The van der Waals surface area contributed by atoms with Gasteiger partial charge in [-0.1, -0.05) is 6.07 Å². The normalized spacial score (nSPS) is 15.4. The van der Waals surface area contributed by atoms with Gasteiger partial charge in [0, 0.05) is 26.3 Å². The number of anilines is 2. The minimum absolute atomic E-state index is 0.111. The van der Waals surface area contributed by atoms with Gasteiger partial charge in [0.2, 0.25) is 5.95 Å². The maximum absolute atomic E-state index is 12.9. The fourth-order valence-corrected chi connectivity index (χ4v) is 3.86. The Morgan fingerprint density at radius 1 is 1.37 bits per heavy atom. The summed E-state index contributed by atoms with van der Waals surface area (Å²) >= 11 is 1.44. The molecule has 0 spiro atoms. The summed E-state index contributed by atoms with van der Waals surface area (Å²) in [6.07, 6.45) is 1.28. The number of aliphatic hydroxyl groups excluding tert-OH is 1. The van der Waals surface area contributed by atoms with Gasteiger partial charge in [-0.15, -0.1) is 11.3 Å². The van der Waals surface area contributed by atoms with Crippen molar-refractivity contribution < 1.29 is 9.90 Å². The van der Waals surface area contributed by atoms with Crippen molar-refractivity contribution in [1.82, 2.24) is 19.9 Å². The molecule has 27 heavy (non-hydrogen) atoms. The molecule has 3 aromatic rings. The van der Waals surface area contributed by atoms with E-state index in [0.29, 0.717) is 30.2 Å². The summed E-state index contributed by atoms with van der Waals surface area (Å²) in [6, 6.07) is 7.50. The van der Waals surface area contributed by atoms with Crippen LogP contribution in [-0.2, 0) is 0 Å². The van der Waals surface area contributed by atoms with E-state index in [1.165, 1.54) is 11.3 Å². The molecule has 4 rings (SSSR count). The lowest BCUT2D eigenvalue weighted by Gasteiger charge is -2.35. The average Bonchev–Trinajstić information content (AvgIpc) is 3.08. The zero-order valence-corrected chi connectivity index (χ0v) is 15.8. The van der Waals surface area contributed by atoms with E-state index < -0.39 is 6.10 Å². The van der Waals surface area contributed by atoms with Crippen LogP contribution in [0.1, 0.15) is 29.1 Å². The largest absolute Gasteiger partial charge is 0.389 e. The molecule has 3 N–H and O–H groups in total. The number of pyridine rings is 1. The summed E-state index contributed by atoms with van der Waals surface area (Å²) < 4.78 is 0.738. The Morgan fingerprint density at radius 3 is 2.85 bits per heavy atom. The number of thiophene rings is 1. The van der Waals surface area contributed by atoms with Gasteiger partial charge in [0.1, 0.15) is 0 Å². The first-order valence-corrected chi connectivity index (χ1v) is 9.51. The third kappa shape index (κ3) is 3.43. The lowest BCUT2D eigenvalue weighted by molar-refractivity contribution is 0.00567. The Labute approximate surface area is 160 Å². The molecule has 1 saturated heterocycles. The van der Waals surface area contributed by atoms with Gasteiger partial charge in [-0.3, -0.25) is 9.78 Å². The van der Waals surface area contributed by atoms with Crippen molar-refractivity contribution in [2.24, 2.45) is 0 Å². The van der Waals surface area contributed by atoms with E-state index in [-0.39, 0.29) is 11.9 Å². The molecule has 1 fully saturated rings. The zero-order valence-electron chi connectivity index (χ0n) is 15.0. The molecule has 4 heterocycles. The van der Waals surface area contributed by atoms with Crippen LogP contribution < -0.4 is 10.6 Å². The Bertz CT molecular complexity index is 971. The minimum atomic E-state index is -0.454. The van der Waals surface area contributed by atoms with Crippen molar-refractivity contribution in [3.63, 3.8) is 0 Å². The van der Waals surface area contributed by atoms with Gasteiger partial charge < -0.3 is 20.6 Å². The van der Waals surface area contributed by atoms with Crippen LogP contribution in [0, 0.1) is 0 Å². The number of hydrogen-bond donors (Lipinski definition) is 3. The molecule has 0 saturated carbocycles. The SMILES string of the molecule is CNc1cc2nc(NC(C)c3ccccn3)nc(C(=O)N3CC(O)C3)c2s1. The minimum Gasteiger partial charge on any atom is -0.389 e. The van der Waals surface area contributed by atoms with Crippen LogP contribution in [0.5, 0.6) is 0 Å². The standard InChI is InChI=1S/C18H20N6O2S/c1-10(12-5-3-4-6-20-12)21-18-22-13-7-14(19-2)27-16(13)15(23-18)17(26)24-8-11(25)9-24/h3-7,10-11,19,25H,8-9H2,1-2H3,(H,21,22,23). The Kier molecular flexibility index (Phi) is 4.63. The number of β-amino-alcohol motifs (C(OH)–C–C–N with tert-alkyl or cyclic N) is 1. The van der Waals surface area contributed by atoms with E-state index in [4.69, 9.17) is 0 Å². The summed E-state index contributed by atoms with van der Waals surface area (Å²) in [6.45, 7) is 2.64. The molecular formula is C18H20N6O2S. The van der Waals surface area contributed by atoms with Crippen LogP contribution in [0.3, 0.4) is 0 Å². The van der Waals surface area contributed by atoms with Crippen molar-refractivity contribution in [2.45, 2.75) is 19.1 Å². The fourth-order valence-electron chi connectivity index (χ4n) is 2.93. The number of nitrogens with one attached hydrogen (secondary N) is 2. The lowest BCUT2D eigenvalue weighted by Crippen LogP contribution is -2.53. The summed E-state index contributed by atoms with van der Waals surface area (Å²) in [5, 5.41) is 16.7. The van der Waals surface area contributed by atoms with Crippen molar-refractivity contribution in [3.05, 3.63) is 41.9 Å². The predicted molar refractivity (Wildman–Crippen MR) is 105 cm³/mol. The molecule has 0 aromatic carbocycles. The maximum Gasteiger partial charge on any atom is 0.274 e. The van der Waals surface area contributed by atoms with Gasteiger partial charge in [0.15, 0.2) is 5.69 Å². The van der Waals surface area contributed by atoms with Crippen LogP contribution in [0.2, 0.25) is 0 Å². The third-order valence-corrected chi connectivity index (χ3v) is 5.60. The highest BCUT2D eigenvalue weighted by Gasteiger charge is 2.32. The number of fused-ring (bicyclic) bond motifs is 1. The van der Waals surface area contributed by atoms with E-state index in [1.54, 1.807) is 11.1 Å². The molecule has 1 atom stereocenters. The highest BCUT2D eigenvalue weighted by Crippen LogP contribution is 2.32. The molecule has 1 aliphatic heterocycles. The van der Waals surface area contributed by atoms with Crippen molar-refractivity contribution >= 4 is 38.4 Å². The number of rotatable bonds is 5. The molecule has 0 radical (unpaired) electrons. The Morgan fingerprint density at radius 2 is 2.19 bits per heavy atom. The quantitative estimate of drug-likeness (QED) is 0.619. The number of likely N-dealkylation sites (tertiary alicyclic amines) is 1. The third-order valence-electron chi connectivity index (χ3n) is 4.45. The Hall–Kier alpha value is -2.78. The number of aromatic nitrogens is 3. The van der Waals surface area contributed by atoms with Gasteiger partial charge in [0.25, 0.3) is 5.91 Å². The van der Waals surface area contributed by atoms with Gasteiger partial charge in [0.05, 0.1) is 33.1 Å². The molecule has 3 aromatic heterocycles. The van der Waals surface area contributed by atoms with E-state index in [0.717, 1.165) is 15.4 Å². The fraction of sp³-hybridized carbons (Fsp3) is 0.333. The first kappa shape index (κ1) is 17.6. The van der Waals surface area contributed by atoms with E-state index >= 15 is 0 Å². The number of amides is 1. The van der Waals surface area contributed by atoms with Crippen LogP contribution in [0.25, 0.3) is 10.2 Å². The molecule has 1 unspecified atom stereocenters. The first-order valence-electron chi connectivity index (χ1n) is 8.69. The molecule has 140 valence electrons. The van der Waals surface area contributed by atoms with Crippen molar-refractivity contribution in [1.29, 1.82) is 0 Å². The van der Waals surface area contributed by atoms with Gasteiger partial charge >= 0.3 is 0 Å². The molecule has 8 nitrogen and oxygen atoms in total. The number of hydrogen-bond acceptors (Lipinski definition) is 8. The van der Waals surface area contributed by atoms with Gasteiger partial charge in [-0.05, 0) is 25.1 Å². The highest BCUT2D eigenvalue weighted by atomic mass is 32.1. The van der Waals surface area contributed by atoms with Gasteiger partial charge in [-0.2, -0.15) is 0 Å². The predicted octanol–water partition coefficient (Wildman–Crippen LogP) is 2.12. The van der Waals surface area contributed by atoms with E-state index in [9.17, 15) is 9.90 Å². The van der Waals surface area contributed by atoms with E-state index in [2.05, 4.69) is 25.6 Å². The Balaban J connectivity index is 1.69. The monoisotopic (exact) mass is 384 g/mol. The number of nitrogens with zero attached hydrogens (tertiary/aromatic N) is 4. The second-order valence-corrected chi connectivity index (χ2v) is 7.51. The van der Waals surface area contributed by atoms with Gasteiger partial charge in [-0.25, -0.2) is 9.97 Å². The van der Waals surface area contributed by atoms with Crippen LogP contribution in [0.15, 0.2) is 30.5 Å². The molecule has 9 heteroatoms. The van der Waals surface area contributed by atoms with Crippen LogP contribution in [0.4, 0.5) is 10.9 Å². The van der Waals surface area contributed by atoms with Crippen molar-refractivity contribution in [3.8, 4) is 0 Å². The number of carbonyl (C=O) groups is 1. The molecule has 1 amide bonds. The first-order chi connectivity index (χ1) is 13.0. The van der Waals surface area contributed by atoms with Crippen LogP contribution in [-0.4, -0.2) is 57.1 Å². The highest BCUT2D eigenvalue weighted by molar-refractivity contribution is 7.23. The maximum atomic E-state index is 12.9. The smallest absolute Gasteiger partial charge is 0.274 e. The number of carbonyl (C=O) groups excluding carboxylic acids is 1. The topological polar surface area (TPSA) is 103 Å². The molecule has 1 aliphatic rings. The molecule has 0 bridgehead atoms. The van der Waals surface area contributed by atoms with Crippen LogP contribution >= 0.6 is 11.3 Å². The van der Waals surface area contributed by atoms with Crippen molar-refractivity contribution in [2.75, 3.05) is 30.8 Å².